The van der Waals surface area contributed by atoms with E-state index in [0.717, 1.165) is 25.1 Å². The number of hydrogen-bond donors (Lipinski definition) is 1. The Hall–Kier alpha value is -1.19. The van der Waals surface area contributed by atoms with Gasteiger partial charge in [0, 0.05) is 17.3 Å². The molecule has 108 valence electrons. The van der Waals surface area contributed by atoms with Crippen LogP contribution in [0, 0.1) is 11.7 Å². The Morgan fingerprint density at radius 3 is 2.65 bits per heavy atom. The summed E-state index contributed by atoms with van der Waals surface area (Å²) in [6.45, 7) is 6.28. The van der Waals surface area contributed by atoms with Crippen LogP contribution in [0.25, 0.3) is 0 Å². The van der Waals surface area contributed by atoms with Crippen molar-refractivity contribution in [1.82, 2.24) is 5.32 Å². The van der Waals surface area contributed by atoms with Crippen molar-refractivity contribution < 1.29 is 4.39 Å². The monoisotopic (exact) mass is 291 g/mol. The minimum Gasteiger partial charge on any atom is -0.316 e. The molecule has 1 nitrogen and oxygen atoms in total. The van der Waals surface area contributed by atoms with Crippen LogP contribution in [0.2, 0.25) is 0 Å². The molecule has 0 radical (unpaired) electrons. The lowest BCUT2D eigenvalue weighted by atomic mass is 9.94. The van der Waals surface area contributed by atoms with Gasteiger partial charge >= 0.3 is 0 Å². The molecule has 0 saturated heterocycles. The molecular weight excluding hydrogens is 269 g/mol. The van der Waals surface area contributed by atoms with Crippen LogP contribution < -0.4 is 5.32 Å². The van der Waals surface area contributed by atoms with Gasteiger partial charge in [-0.25, -0.2) is 4.39 Å². The van der Waals surface area contributed by atoms with Crippen molar-refractivity contribution in [3.05, 3.63) is 58.0 Å². The standard InChI is InChI=1S/C17H22FNS/c1-13(2)11-19-12-15(10-17-7-4-8-20-17)14-5-3-6-16(18)9-14/h3-9,13,15,19H,10-12H2,1-2H3. The van der Waals surface area contributed by atoms with E-state index in [4.69, 9.17) is 0 Å². The predicted molar refractivity (Wildman–Crippen MR) is 84.9 cm³/mol. The Balaban J connectivity index is 2.06. The number of benzene rings is 1. The second kappa shape index (κ2) is 7.55. The van der Waals surface area contributed by atoms with Crippen molar-refractivity contribution in [2.45, 2.75) is 26.2 Å². The zero-order valence-electron chi connectivity index (χ0n) is 12.1. The molecule has 1 unspecified atom stereocenters. The zero-order valence-corrected chi connectivity index (χ0v) is 12.9. The molecule has 1 aromatic heterocycles. The molecule has 0 spiro atoms. The Morgan fingerprint density at radius 2 is 2.00 bits per heavy atom. The molecule has 1 heterocycles. The number of thiophene rings is 1. The Kier molecular flexibility index (Phi) is 5.74. The van der Waals surface area contributed by atoms with Gasteiger partial charge in [-0.2, -0.15) is 0 Å². The number of rotatable bonds is 7. The average Bonchev–Trinajstić information content (AvgIpc) is 2.90. The van der Waals surface area contributed by atoms with E-state index in [1.165, 1.54) is 10.9 Å². The van der Waals surface area contributed by atoms with Gasteiger partial charge < -0.3 is 5.32 Å². The molecule has 0 aliphatic carbocycles. The Morgan fingerprint density at radius 1 is 1.15 bits per heavy atom. The van der Waals surface area contributed by atoms with E-state index in [1.54, 1.807) is 23.5 Å². The molecule has 0 saturated carbocycles. The second-order valence-corrected chi connectivity index (χ2v) is 6.62. The molecule has 1 aromatic carbocycles. The quantitative estimate of drug-likeness (QED) is 0.794. The summed E-state index contributed by atoms with van der Waals surface area (Å²) in [5.74, 6) is 0.801. The SMILES string of the molecule is CC(C)CNCC(Cc1cccs1)c1cccc(F)c1. The van der Waals surface area contributed by atoms with Gasteiger partial charge in [-0.05, 0) is 48.0 Å². The lowest BCUT2D eigenvalue weighted by Crippen LogP contribution is -2.26. The number of hydrogen-bond acceptors (Lipinski definition) is 2. The van der Waals surface area contributed by atoms with E-state index < -0.39 is 0 Å². The predicted octanol–water partition coefficient (Wildman–Crippen LogP) is 4.46. The average molecular weight is 291 g/mol. The van der Waals surface area contributed by atoms with Crippen molar-refractivity contribution in [1.29, 1.82) is 0 Å². The summed E-state index contributed by atoms with van der Waals surface area (Å²) in [6.07, 6.45) is 0.964. The number of nitrogens with one attached hydrogen (secondary N) is 1. The highest BCUT2D eigenvalue weighted by atomic mass is 32.1. The van der Waals surface area contributed by atoms with E-state index in [-0.39, 0.29) is 5.82 Å². The summed E-state index contributed by atoms with van der Waals surface area (Å²) in [5.41, 5.74) is 1.08. The minimum absolute atomic E-state index is 0.150. The number of halogens is 1. The fraction of sp³-hybridized carbons (Fsp3) is 0.412. The van der Waals surface area contributed by atoms with Gasteiger partial charge in [0.15, 0.2) is 0 Å². The molecule has 2 rings (SSSR count). The van der Waals surface area contributed by atoms with Crippen LogP contribution >= 0.6 is 11.3 Å². The third kappa shape index (κ3) is 4.73. The first-order chi connectivity index (χ1) is 9.65. The molecular formula is C17H22FNS. The van der Waals surface area contributed by atoms with E-state index >= 15 is 0 Å². The molecule has 0 fully saturated rings. The molecule has 0 bridgehead atoms. The lowest BCUT2D eigenvalue weighted by molar-refractivity contribution is 0.513. The molecule has 1 atom stereocenters. The minimum atomic E-state index is -0.150. The molecule has 0 aliphatic rings. The van der Waals surface area contributed by atoms with E-state index in [0.29, 0.717) is 11.8 Å². The maximum Gasteiger partial charge on any atom is 0.123 e. The molecule has 2 aromatic rings. The lowest BCUT2D eigenvalue weighted by Gasteiger charge is -2.18. The molecule has 0 aliphatic heterocycles. The normalized spacial score (nSPS) is 12.8. The summed E-state index contributed by atoms with van der Waals surface area (Å²) in [6, 6.07) is 11.2. The van der Waals surface area contributed by atoms with Crippen LogP contribution in [0.3, 0.4) is 0 Å². The van der Waals surface area contributed by atoms with Gasteiger partial charge in [-0.15, -0.1) is 11.3 Å². The van der Waals surface area contributed by atoms with E-state index in [1.807, 2.05) is 6.07 Å². The Bertz CT molecular complexity index is 507. The first-order valence-corrected chi connectivity index (χ1v) is 8.01. The summed E-state index contributed by atoms with van der Waals surface area (Å²) in [4.78, 5) is 1.35. The Labute approximate surface area is 124 Å². The fourth-order valence-electron chi connectivity index (χ4n) is 2.29. The fourth-order valence-corrected chi connectivity index (χ4v) is 3.07. The van der Waals surface area contributed by atoms with Crippen LogP contribution in [-0.2, 0) is 6.42 Å². The van der Waals surface area contributed by atoms with Crippen LogP contribution in [-0.4, -0.2) is 13.1 Å². The summed E-state index contributed by atoms with van der Waals surface area (Å²) in [5, 5.41) is 5.59. The molecule has 3 heteroatoms. The third-order valence-electron chi connectivity index (χ3n) is 3.29. The first-order valence-electron chi connectivity index (χ1n) is 7.13. The first kappa shape index (κ1) is 15.2. The highest BCUT2D eigenvalue weighted by Gasteiger charge is 2.13. The largest absolute Gasteiger partial charge is 0.316 e. The maximum atomic E-state index is 13.4. The molecule has 1 N–H and O–H groups in total. The van der Waals surface area contributed by atoms with Crippen molar-refractivity contribution >= 4 is 11.3 Å². The van der Waals surface area contributed by atoms with Crippen LogP contribution in [0.15, 0.2) is 41.8 Å². The van der Waals surface area contributed by atoms with E-state index in [2.05, 4.69) is 36.7 Å². The van der Waals surface area contributed by atoms with Crippen LogP contribution in [0.4, 0.5) is 4.39 Å². The highest BCUT2D eigenvalue weighted by Crippen LogP contribution is 2.23. The van der Waals surface area contributed by atoms with Gasteiger partial charge in [-0.3, -0.25) is 0 Å². The zero-order chi connectivity index (χ0) is 14.4. The van der Waals surface area contributed by atoms with Crippen molar-refractivity contribution in [2.24, 2.45) is 5.92 Å². The summed E-state index contributed by atoms with van der Waals surface area (Å²) < 4.78 is 13.4. The van der Waals surface area contributed by atoms with E-state index in [9.17, 15) is 4.39 Å². The van der Waals surface area contributed by atoms with Crippen molar-refractivity contribution in [2.75, 3.05) is 13.1 Å². The van der Waals surface area contributed by atoms with Crippen molar-refractivity contribution in [3.63, 3.8) is 0 Å². The topological polar surface area (TPSA) is 12.0 Å². The summed E-state index contributed by atoms with van der Waals surface area (Å²) >= 11 is 1.77. The van der Waals surface area contributed by atoms with Crippen LogP contribution in [0.5, 0.6) is 0 Å². The van der Waals surface area contributed by atoms with Gasteiger partial charge in [0.25, 0.3) is 0 Å². The van der Waals surface area contributed by atoms with Gasteiger partial charge in [0.1, 0.15) is 5.82 Å². The third-order valence-corrected chi connectivity index (χ3v) is 4.19. The molecule has 0 amide bonds. The maximum absolute atomic E-state index is 13.4. The highest BCUT2D eigenvalue weighted by molar-refractivity contribution is 7.09. The van der Waals surface area contributed by atoms with Crippen LogP contribution in [0.1, 0.15) is 30.2 Å². The molecule has 20 heavy (non-hydrogen) atoms. The van der Waals surface area contributed by atoms with Gasteiger partial charge in [-0.1, -0.05) is 32.0 Å². The van der Waals surface area contributed by atoms with Gasteiger partial charge in [0.05, 0.1) is 0 Å². The van der Waals surface area contributed by atoms with Crippen molar-refractivity contribution in [3.8, 4) is 0 Å². The smallest absolute Gasteiger partial charge is 0.123 e. The van der Waals surface area contributed by atoms with Gasteiger partial charge in [0.2, 0.25) is 0 Å². The second-order valence-electron chi connectivity index (χ2n) is 5.59. The summed E-state index contributed by atoms with van der Waals surface area (Å²) in [7, 11) is 0.